The number of aliphatic imine (C=N–C) groups is 1. The van der Waals surface area contributed by atoms with E-state index < -0.39 is 6.04 Å². The molecule has 7 heteroatoms. The predicted molar refractivity (Wildman–Crippen MR) is 94.3 cm³/mol. The molecule has 25 heavy (non-hydrogen) atoms. The van der Waals surface area contributed by atoms with Gasteiger partial charge in [-0.25, -0.2) is 10.0 Å². The van der Waals surface area contributed by atoms with Crippen LogP contribution in [-0.2, 0) is 16.0 Å². The van der Waals surface area contributed by atoms with Crippen molar-refractivity contribution in [3.63, 3.8) is 0 Å². The molecule has 0 aliphatic carbocycles. The van der Waals surface area contributed by atoms with E-state index in [4.69, 9.17) is 0 Å². The van der Waals surface area contributed by atoms with Crippen LogP contribution in [0.25, 0.3) is 0 Å². The fourth-order valence-corrected chi connectivity index (χ4v) is 3.06. The number of amidine groups is 1. The van der Waals surface area contributed by atoms with E-state index in [1.165, 1.54) is 5.01 Å². The zero-order chi connectivity index (χ0) is 17.4. The first kappa shape index (κ1) is 15.3. The first-order valence-electron chi connectivity index (χ1n) is 8.13. The van der Waals surface area contributed by atoms with Gasteiger partial charge in [-0.15, -0.1) is 0 Å². The molecule has 0 saturated heterocycles. The summed E-state index contributed by atoms with van der Waals surface area (Å²) < 4.78 is 0. The second-order valence-electron chi connectivity index (χ2n) is 5.99. The number of carbonyl (C=O) groups is 2. The van der Waals surface area contributed by atoms with Crippen molar-refractivity contribution in [3.05, 3.63) is 54.4 Å². The van der Waals surface area contributed by atoms with Crippen LogP contribution in [0.4, 0.5) is 11.4 Å². The highest BCUT2D eigenvalue weighted by Gasteiger charge is 2.34. The minimum absolute atomic E-state index is 0.167. The third-order valence-electron chi connectivity index (χ3n) is 4.35. The van der Waals surface area contributed by atoms with Crippen molar-refractivity contribution in [1.29, 1.82) is 0 Å². The van der Waals surface area contributed by atoms with Gasteiger partial charge in [-0.1, -0.05) is 18.2 Å². The Balaban J connectivity index is 1.63. The van der Waals surface area contributed by atoms with Gasteiger partial charge in [-0.3, -0.25) is 20.0 Å². The van der Waals surface area contributed by atoms with Crippen LogP contribution in [0.3, 0.4) is 0 Å². The molecule has 7 nitrogen and oxygen atoms in total. The highest BCUT2D eigenvalue weighted by atomic mass is 16.2. The van der Waals surface area contributed by atoms with E-state index in [0.717, 1.165) is 17.7 Å². The van der Waals surface area contributed by atoms with Crippen LogP contribution in [-0.4, -0.2) is 35.2 Å². The van der Waals surface area contributed by atoms with E-state index in [1.807, 2.05) is 36.4 Å². The molecule has 4 rings (SSSR count). The highest BCUT2D eigenvalue weighted by Crippen LogP contribution is 2.27. The molecule has 2 aliphatic rings. The summed E-state index contributed by atoms with van der Waals surface area (Å²) in [6.45, 7) is 2.27. The van der Waals surface area contributed by atoms with Gasteiger partial charge in [-0.05, 0) is 37.1 Å². The molecular weight excluding hydrogens is 318 g/mol. The average Bonchev–Trinajstić information content (AvgIpc) is 3.08. The summed E-state index contributed by atoms with van der Waals surface area (Å²) in [7, 11) is 0. The number of pyridine rings is 1. The number of para-hydroxylation sites is 1. The fraction of sp³-hybridized carbons (Fsp3) is 0.222. The molecular formula is C18H17N5O2. The van der Waals surface area contributed by atoms with Crippen molar-refractivity contribution in [3.8, 4) is 0 Å². The van der Waals surface area contributed by atoms with Crippen molar-refractivity contribution in [2.45, 2.75) is 19.4 Å². The number of carbonyl (C=O) groups excluding carboxylic acids is 2. The Morgan fingerprint density at radius 3 is 2.84 bits per heavy atom. The Morgan fingerprint density at radius 2 is 2.04 bits per heavy atom. The van der Waals surface area contributed by atoms with E-state index in [2.05, 4.69) is 15.4 Å². The lowest BCUT2D eigenvalue weighted by molar-refractivity contribution is -0.120. The maximum absolute atomic E-state index is 13.0. The third-order valence-corrected chi connectivity index (χ3v) is 4.35. The van der Waals surface area contributed by atoms with E-state index in [9.17, 15) is 9.59 Å². The summed E-state index contributed by atoms with van der Waals surface area (Å²) in [6, 6.07) is 10.4. The summed E-state index contributed by atoms with van der Waals surface area (Å²) >= 11 is 0. The maximum atomic E-state index is 13.0. The standard InChI is InChI=1S/C18H17N5O2/c1-12-17(24)23(14-5-3-2-4-6-14)21-16(20-12)18(25)22-10-8-13-11-19-9-7-15(13)22/h2-7,9,11-12H,8,10H2,1H3,(H,20,21). The van der Waals surface area contributed by atoms with Crippen LogP contribution in [0, 0.1) is 0 Å². The van der Waals surface area contributed by atoms with Gasteiger partial charge in [0, 0.05) is 18.9 Å². The molecule has 126 valence electrons. The largest absolute Gasteiger partial charge is 0.305 e. The smallest absolute Gasteiger partial charge is 0.295 e. The molecule has 1 atom stereocenters. The molecule has 0 radical (unpaired) electrons. The molecule has 2 amide bonds. The number of nitrogens with one attached hydrogen (secondary N) is 1. The molecule has 1 N–H and O–H groups in total. The zero-order valence-corrected chi connectivity index (χ0v) is 13.7. The van der Waals surface area contributed by atoms with Gasteiger partial charge in [-0.2, -0.15) is 0 Å². The highest BCUT2D eigenvalue weighted by molar-refractivity contribution is 6.44. The van der Waals surface area contributed by atoms with Crippen molar-refractivity contribution in [2.24, 2.45) is 4.99 Å². The molecule has 1 aromatic carbocycles. The number of nitrogens with zero attached hydrogens (tertiary/aromatic N) is 4. The Bertz CT molecular complexity index is 865. The second-order valence-corrected chi connectivity index (χ2v) is 5.99. The zero-order valence-electron chi connectivity index (χ0n) is 13.7. The Hall–Kier alpha value is -3.22. The van der Waals surface area contributed by atoms with Gasteiger partial charge < -0.3 is 4.90 Å². The first-order chi connectivity index (χ1) is 12.1. The molecule has 1 unspecified atom stereocenters. The SMILES string of the molecule is CC1N=C(C(=O)N2CCc3cnccc32)NN(c2ccccc2)C1=O. The third kappa shape index (κ3) is 2.63. The summed E-state index contributed by atoms with van der Waals surface area (Å²) in [5, 5.41) is 1.38. The van der Waals surface area contributed by atoms with Gasteiger partial charge in [0.25, 0.3) is 11.8 Å². The summed E-state index contributed by atoms with van der Waals surface area (Å²) in [5.74, 6) is -0.278. The number of hydrogen-bond donors (Lipinski definition) is 1. The summed E-state index contributed by atoms with van der Waals surface area (Å²) in [4.78, 5) is 35.4. The topological polar surface area (TPSA) is 77.9 Å². The molecule has 0 fully saturated rings. The van der Waals surface area contributed by atoms with Crippen LogP contribution < -0.4 is 15.3 Å². The van der Waals surface area contributed by atoms with Gasteiger partial charge in [0.1, 0.15) is 6.04 Å². The number of hydrogen-bond acceptors (Lipinski definition) is 5. The predicted octanol–water partition coefficient (Wildman–Crippen LogP) is 1.31. The number of rotatable bonds is 2. The Morgan fingerprint density at radius 1 is 1.24 bits per heavy atom. The molecule has 3 heterocycles. The minimum Gasteiger partial charge on any atom is -0.305 e. The van der Waals surface area contributed by atoms with Gasteiger partial charge in [0.2, 0.25) is 5.84 Å². The Kier molecular flexibility index (Phi) is 3.68. The molecule has 0 bridgehead atoms. The average molecular weight is 335 g/mol. The monoisotopic (exact) mass is 335 g/mol. The van der Waals surface area contributed by atoms with Crippen LogP contribution in [0.5, 0.6) is 0 Å². The van der Waals surface area contributed by atoms with E-state index in [1.54, 1.807) is 24.2 Å². The number of fused-ring (bicyclic) bond motifs is 1. The first-order valence-corrected chi connectivity index (χ1v) is 8.13. The molecule has 2 aromatic rings. The van der Waals surface area contributed by atoms with Crippen LogP contribution in [0.1, 0.15) is 12.5 Å². The molecule has 0 spiro atoms. The normalized spacial score (nSPS) is 19.3. The lowest BCUT2D eigenvalue weighted by Crippen LogP contribution is -2.58. The number of benzene rings is 1. The van der Waals surface area contributed by atoms with Gasteiger partial charge in [0.05, 0.1) is 11.4 Å². The van der Waals surface area contributed by atoms with E-state index >= 15 is 0 Å². The lowest BCUT2D eigenvalue weighted by atomic mass is 10.2. The molecule has 1 aromatic heterocycles. The number of aromatic nitrogens is 1. The van der Waals surface area contributed by atoms with Crippen LogP contribution in [0.15, 0.2) is 53.8 Å². The molecule has 0 saturated carbocycles. The maximum Gasteiger partial charge on any atom is 0.295 e. The lowest BCUT2D eigenvalue weighted by Gasteiger charge is -2.31. The van der Waals surface area contributed by atoms with Crippen molar-refractivity contribution >= 4 is 29.0 Å². The van der Waals surface area contributed by atoms with Crippen molar-refractivity contribution < 1.29 is 9.59 Å². The second kappa shape index (κ2) is 6.01. The van der Waals surface area contributed by atoms with Gasteiger partial charge in [0.15, 0.2) is 0 Å². The van der Waals surface area contributed by atoms with E-state index in [-0.39, 0.29) is 17.6 Å². The van der Waals surface area contributed by atoms with E-state index in [0.29, 0.717) is 12.2 Å². The van der Waals surface area contributed by atoms with Crippen molar-refractivity contribution in [2.75, 3.05) is 16.5 Å². The number of amides is 2. The number of anilines is 2. The minimum atomic E-state index is -0.625. The summed E-state index contributed by atoms with van der Waals surface area (Å²) in [5.41, 5.74) is 5.44. The number of hydrazine groups is 1. The molecule has 2 aliphatic heterocycles. The van der Waals surface area contributed by atoms with Crippen LogP contribution in [0.2, 0.25) is 0 Å². The van der Waals surface area contributed by atoms with Crippen molar-refractivity contribution in [1.82, 2.24) is 10.4 Å². The summed E-state index contributed by atoms with van der Waals surface area (Å²) in [6.07, 6.45) is 4.21. The Labute approximate surface area is 145 Å². The fourth-order valence-electron chi connectivity index (χ4n) is 3.06. The van der Waals surface area contributed by atoms with Gasteiger partial charge >= 0.3 is 0 Å². The quantitative estimate of drug-likeness (QED) is 0.898. The van der Waals surface area contributed by atoms with Crippen LogP contribution >= 0.6 is 0 Å².